The monoisotopic (exact) mass is 637 g/mol. The molecule has 1 aromatic heterocycles. The molecular formula is C32H44N7O5P. The molecule has 0 saturated carbocycles. The van der Waals surface area contributed by atoms with Gasteiger partial charge in [-0.3, -0.25) is 14.5 Å². The van der Waals surface area contributed by atoms with Gasteiger partial charge >= 0.3 is 0 Å². The lowest BCUT2D eigenvalue weighted by molar-refractivity contribution is -0.119. The SMILES string of the molecule is CCCCN(C=O)c1ccc(-c2cnc(NC3=CC4=C(OCC(CN(C=O)CCN5CCOCC5)N4C)PC3)nc2OC)cc1. The summed E-state index contributed by atoms with van der Waals surface area (Å²) in [6.07, 6.45) is 8.43. The molecule has 2 aromatic rings. The predicted octanol–water partition coefficient (Wildman–Crippen LogP) is 3.19. The molecule has 2 atom stereocenters. The molecule has 1 N–H and O–H groups in total. The van der Waals surface area contributed by atoms with Crippen molar-refractivity contribution in [2.45, 2.75) is 25.8 Å². The van der Waals surface area contributed by atoms with Crippen LogP contribution in [0.3, 0.4) is 0 Å². The zero-order chi connectivity index (χ0) is 31.6. The van der Waals surface area contributed by atoms with Crippen LogP contribution < -0.4 is 15.0 Å². The number of allylic oxidation sites excluding steroid dienone is 2. The Labute approximate surface area is 267 Å². The van der Waals surface area contributed by atoms with Gasteiger partial charge in [0.05, 0.1) is 37.6 Å². The van der Waals surface area contributed by atoms with Crippen molar-refractivity contribution in [2.75, 3.05) is 89.6 Å². The first-order chi connectivity index (χ1) is 22.0. The van der Waals surface area contributed by atoms with Crippen LogP contribution >= 0.6 is 8.58 Å². The maximum atomic E-state index is 11.9. The lowest BCUT2D eigenvalue weighted by Gasteiger charge is -2.40. The molecule has 4 heterocycles. The fourth-order valence-corrected chi connectivity index (χ4v) is 6.71. The second-order valence-electron chi connectivity index (χ2n) is 11.3. The van der Waals surface area contributed by atoms with Crippen LogP contribution in [0.1, 0.15) is 19.8 Å². The van der Waals surface area contributed by atoms with Crippen LogP contribution in [-0.4, -0.2) is 123 Å². The number of carbonyl (C=O) groups excluding carboxylic acids is 2. The van der Waals surface area contributed by atoms with Gasteiger partial charge < -0.3 is 34.2 Å². The van der Waals surface area contributed by atoms with Gasteiger partial charge in [-0.25, -0.2) is 4.98 Å². The Hall–Kier alpha value is -3.73. The van der Waals surface area contributed by atoms with E-state index in [4.69, 9.17) is 14.2 Å². The Morgan fingerprint density at radius 3 is 2.67 bits per heavy atom. The number of nitrogens with one attached hydrogen (secondary N) is 1. The number of likely N-dealkylation sites (N-methyl/N-ethyl adjacent to an activating group) is 1. The summed E-state index contributed by atoms with van der Waals surface area (Å²) in [5, 5.41) is 3.38. The van der Waals surface area contributed by atoms with Crippen LogP contribution in [0, 0.1) is 0 Å². The van der Waals surface area contributed by atoms with Crippen molar-refractivity contribution in [3.05, 3.63) is 53.4 Å². The zero-order valence-corrected chi connectivity index (χ0v) is 27.4. The number of morpholine rings is 1. The molecule has 0 radical (unpaired) electrons. The summed E-state index contributed by atoms with van der Waals surface area (Å²) in [7, 11) is 4.14. The standard InChI is InChI=1S/C32H44N7O5P/c1-4-5-10-39(23-41)26-8-6-24(7-9-26)28-18-33-32(35-30(28)42-3)34-25-17-29-31(45-21-25)44-20-27(36(29)2)19-38(22-40)12-11-37-13-15-43-16-14-37/h6-9,17-18,22-23,27,45H,4-5,10-16,19-21H2,1-3H3,(H,33,34,35). The van der Waals surface area contributed by atoms with Gasteiger partial charge in [-0.1, -0.05) is 25.5 Å². The van der Waals surface area contributed by atoms with Gasteiger partial charge in [0, 0.05) is 70.1 Å². The lowest BCUT2D eigenvalue weighted by Crippen LogP contribution is -2.48. The molecule has 0 bridgehead atoms. The number of anilines is 2. The van der Waals surface area contributed by atoms with Gasteiger partial charge in [-0.05, 0) is 38.8 Å². The van der Waals surface area contributed by atoms with Crippen molar-refractivity contribution in [1.82, 2.24) is 24.7 Å². The van der Waals surface area contributed by atoms with Gasteiger partial charge in [0.2, 0.25) is 24.6 Å². The summed E-state index contributed by atoms with van der Waals surface area (Å²) in [5.41, 5.74) is 5.52. The number of benzene rings is 1. The van der Waals surface area contributed by atoms with Gasteiger partial charge in [-0.15, -0.1) is 0 Å². The fourth-order valence-electron chi connectivity index (χ4n) is 5.56. The van der Waals surface area contributed by atoms with E-state index in [9.17, 15) is 9.59 Å². The summed E-state index contributed by atoms with van der Waals surface area (Å²) >= 11 is 0. The Morgan fingerprint density at radius 2 is 1.96 bits per heavy atom. The largest absolute Gasteiger partial charge is 0.489 e. The van der Waals surface area contributed by atoms with E-state index < -0.39 is 0 Å². The number of ether oxygens (including phenoxy) is 3. The minimum atomic E-state index is 0.0475. The van der Waals surface area contributed by atoms with Crippen molar-refractivity contribution in [1.29, 1.82) is 0 Å². The summed E-state index contributed by atoms with van der Waals surface area (Å²) < 4.78 is 17.3. The third kappa shape index (κ3) is 8.31. The van der Waals surface area contributed by atoms with Crippen molar-refractivity contribution < 1.29 is 23.8 Å². The van der Waals surface area contributed by atoms with Crippen LogP contribution in [0.5, 0.6) is 5.88 Å². The van der Waals surface area contributed by atoms with Gasteiger partial charge in [0.25, 0.3) is 0 Å². The highest BCUT2D eigenvalue weighted by Crippen LogP contribution is 2.40. The summed E-state index contributed by atoms with van der Waals surface area (Å²) in [4.78, 5) is 40.8. The topological polar surface area (TPSA) is 113 Å². The van der Waals surface area contributed by atoms with E-state index in [1.165, 1.54) is 0 Å². The van der Waals surface area contributed by atoms with E-state index in [2.05, 4.69) is 45.1 Å². The average molecular weight is 638 g/mol. The highest BCUT2D eigenvalue weighted by atomic mass is 31.1. The highest BCUT2D eigenvalue weighted by molar-refractivity contribution is 7.43. The van der Waals surface area contributed by atoms with Crippen LogP contribution in [0.25, 0.3) is 11.1 Å². The number of nitrogens with zero attached hydrogens (tertiary/aromatic N) is 6. The molecule has 1 fully saturated rings. The van der Waals surface area contributed by atoms with Gasteiger partial charge in [-0.2, -0.15) is 4.98 Å². The normalized spacial score (nSPS) is 19.0. The Balaban J connectivity index is 1.23. The first-order valence-electron chi connectivity index (χ1n) is 15.6. The summed E-state index contributed by atoms with van der Waals surface area (Å²) in [6.45, 7) is 8.77. The molecule has 2 unspecified atom stereocenters. The van der Waals surface area contributed by atoms with E-state index in [1.807, 2.05) is 29.2 Å². The van der Waals surface area contributed by atoms with Crippen molar-refractivity contribution in [2.24, 2.45) is 0 Å². The van der Waals surface area contributed by atoms with Crippen molar-refractivity contribution >= 4 is 33.0 Å². The second kappa shape index (κ2) is 16.0. The Kier molecular flexibility index (Phi) is 11.6. The summed E-state index contributed by atoms with van der Waals surface area (Å²) in [6, 6.07) is 7.81. The van der Waals surface area contributed by atoms with Crippen LogP contribution in [0.15, 0.2) is 53.4 Å². The molecule has 1 saturated heterocycles. The van der Waals surface area contributed by atoms with Crippen LogP contribution in [-0.2, 0) is 19.1 Å². The summed E-state index contributed by atoms with van der Waals surface area (Å²) in [5.74, 6) is 0.909. The molecule has 13 heteroatoms. The number of rotatable bonds is 15. The molecule has 0 aliphatic carbocycles. The molecule has 1 aromatic carbocycles. The first kappa shape index (κ1) is 32.7. The molecule has 45 heavy (non-hydrogen) atoms. The lowest BCUT2D eigenvalue weighted by atomic mass is 10.1. The van der Waals surface area contributed by atoms with Crippen LogP contribution in [0.4, 0.5) is 11.6 Å². The van der Waals surface area contributed by atoms with Gasteiger partial charge in [0.15, 0.2) is 0 Å². The molecule has 242 valence electrons. The number of hydrogen-bond acceptors (Lipinski definition) is 10. The number of aromatic nitrogens is 2. The molecule has 3 aliphatic rings. The van der Waals surface area contributed by atoms with E-state index in [-0.39, 0.29) is 6.04 Å². The predicted molar refractivity (Wildman–Crippen MR) is 177 cm³/mol. The average Bonchev–Trinajstić information content (AvgIpc) is 3.09. The second-order valence-corrected chi connectivity index (χ2v) is 12.5. The number of amides is 2. The molecule has 0 spiro atoms. The molecule has 3 aliphatic heterocycles. The highest BCUT2D eigenvalue weighted by Gasteiger charge is 2.30. The van der Waals surface area contributed by atoms with Crippen molar-refractivity contribution in [3.63, 3.8) is 0 Å². The molecule has 12 nitrogen and oxygen atoms in total. The minimum Gasteiger partial charge on any atom is -0.489 e. The van der Waals surface area contributed by atoms with E-state index in [1.54, 1.807) is 18.2 Å². The van der Waals surface area contributed by atoms with Crippen LogP contribution in [0.2, 0.25) is 0 Å². The van der Waals surface area contributed by atoms with E-state index >= 15 is 0 Å². The quantitative estimate of drug-likeness (QED) is 0.231. The van der Waals surface area contributed by atoms with Gasteiger partial charge in [0.1, 0.15) is 12.1 Å². The third-order valence-electron chi connectivity index (χ3n) is 8.34. The smallest absolute Gasteiger partial charge is 0.230 e. The molecular weight excluding hydrogens is 593 g/mol. The fraction of sp³-hybridized carbons (Fsp3) is 0.500. The number of unbranched alkanes of at least 4 members (excludes halogenated alkanes) is 1. The van der Waals surface area contributed by atoms with Crippen molar-refractivity contribution in [3.8, 4) is 17.0 Å². The number of methoxy groups -OCH3 is 1. The zero-order valence-electron chi connectivity index (χ0n) is 26.4. The first-order valence-corrected chi connectivity index (χ1v) is 16.8. The Morgan fingerprint density at radius 1 is 1.16 bits per heavy atom. The maximum Gasteiger partial charge on any atom is 0.230 e. The number of carbonyl (C=O) groups is 2. The Bertz CT molecular complexity index is 1370. The molecule has 5 rings (SSSR count). The molecule has 2 amide bonds. The van der Waals surface area contributed by atoms with E-state index in [0.717, 1.165) is 98.4 Å². The van der Waals surface area contributed by atoms with E-state index in [0.29, 0.717) is 46.7 Å². The maximum absolute atomic E-state index is 11.9. The minimum absolute atomic E-state index is 0.0475. The third-order valence-corrected chi connectivity index (χ3v) is 9.62. The number of hydrogen-bond donors (Lipinski definition) is 1.